The lowest BCUT2D eigenvalue weighted by Crippen LogP contribution is -1.88. The Morgan fingerprint density at radius 2 is 1.89 bits per heavy atom. The van der Waals surface area contributed by atoms with Gasteiger partial charge >= 0.3 is 0 Å². The van der Waals surface area contributed by atoms with Crippen LogP contribution in [0.1, 0.15) is 17.0 Å². The van der Waals surface area contributed by atoms with E-state index in [0.29, 0.717) is 6.42 Å². The molecule has 0 unspecified atom stereocenters. The van der Waals surface area contributed by atoms with E-state index in [1.165, 1.54) is 5.56 Å². The van der Waals surface area contributed by atoms with E-state index in [4.69, 9.17) is 9.15 Å². The zero-order chi connectivity index (χ0) is 13.2. The molecule has 0 amide bonds. The predicted molar refractivity (Wildman–Crippen MR) is 74.5 cm³/mol. The molecule has 2 aromatic carbocycles. The van der Waals surface area contributed by atoms with Gasteiger partial charge in [0.1, 0.15) is 11.3 Å². The lowest BCUT2D eigenvalue weighted by molar-refractivity contribution is 0.414. The van der Waals surface area contributed by atoms with Crippen LogP contribution in [0.4, 0.5) is 0 Å². The van der Waals surface area contributed by atoms with Gasteiger partial charge in [-0.3, -0.25) is 0 Å². The van der Waals surface area contributed by atoms with Gasteiger partial charge < -0.3 is 9.15 Å². The van der Waals surface area contributed by atoms with E-state index < -0.39 is 0 Å². The van der Waals surface area contributed by atoms with Gasteiger partial charge in [-0.05, 0) is 42.3 Å². The maximum absolute atomic E-state index is 5.74. The molecule has 0 spiro atoms. The molecule has 0 bridgehead atoms. The smallest absolute Gasteiger partial charge is 0.199 e. The molecule has 3 rings (SSSR count). The highest BCUT2D eigenvalue weighted by Crippen LogP contribution is 2.20. The summed E-state index contributed by atoms with van der Waals surface area (Å²) in [5.74, 6) is 1.60. The molecule has 0 N–H and O–H groups in total. The normalized spacial score (nSPS) is 10.8. The van der Waals surface area contributed by atoms with Crippen LogP contribution in [0, 0.1) is 6.92 Å². The maximum Gasteiger partial charge on any atom is 0.199 e. The monoisotopic (exact) mass is 253 g/mol. The van der Waals surface area contributed by atoms with E-state index in [0.717, 1.165) is 28.3 Å². The minimum Gasteiger partial charge on any atom is -0.497 e. The molecular weight excluding hydrogens is 238 g/mol. The first-order chi connectivity index (χ1) is 9.24. The van der Waals surface area contributed by atoms with Crippen LogP contribution in [-0.4, -0.2) is 12.1 Å². The Hall–Kier alpha value is -2.29. The van der Waals surface area contributed by atoms with Gasteiger partial charge in [0, 0.05) is 6.42 Å². The van der Waals surface area contributed by atoms with E-state index in [2.05, 4.69) is 11.9 Å². The lowest BCUT2D eigenvalue weighted by atomic mass is 10.1. The molecular formula is C16H15NO2. The van der Waals surface area contributed by atoms with E-state index in [9.17, 15) is 0 Å². The summed E-state index contributed by atoms with van der Waals surface area (Å²) in [5.41, 5.74) is 4.11. The maximum atomic E-state index is 5.74. The Balaban J connectivity index is 1.87. The second-order valence-electron chi connectivity index (χ2n) is 4.60. The fourth-order valence-electron chi connectivity index (χ4n) is 2.08. The number of methoxy groups -OCH3 is 1. The Labute approximate surface area is 111 Å². The number of aromatic nitrogens is 1. The first-order valence-corrected chi connectivity index (χ1v) is 6.23. The highest BCUT2D eigenvalue weighted by atomic mass is 16.5. The Bertz CT molecular complexity index is 698. The van der Waals surface area contributed by atoms with Crippen LogP contribution in [0.3, 0.4) is 0 Å². The summed E-state index contributed by atoms with van der Waals surface area (Å²) >= 11 is 0. The van der Waals surface area contributed by atoms with Crippen LogP contribution in [0.2, 0.25) is 0 Å². The number of ether oxygens (including phenoxy) is 1. The van der Waals surface area contributed by atoms with Crippen LogP contribution in [0.25, 0.3) is 11.1 Å². The molecule has 3 nitrogen and oxygen atoms in total. The molecule has 1 heterocycles. The van der Waals surface area contributed by atoms with Crippen LogP contribution in [-0.2, 0) is 6.42 Å². The van der Waals surface area contributed by atoms with Gasteiger partial charge in [0.2, 0.25) is 0 Å². The van der Waals surface area contributed by atoms with Crippen LogP contribution < -0.4 is 4.74 Å². The number of fused-ring (bicyclic) bond motifs is 1. The lowest BCUT2D eigenvalue weighted by Gasteiger charge is -2.00. The van der Waals surface area contributed by atoms with Crippen molar-refractivity contribution in [3.8, 4) is 5.75 Å². The number of hydrogen-bond acceptors (Lipinski definition) is 3. The van der Waals surface area contributed by atoms with Gasteiger partial charge in [-0.15, -0.1) is 0 Å². The number of hydrogen-bond donors (Lipinski definition) is 0. The van der Waals surface area contributed by atoms with E-state index >= 15 is 0 Å². The van der Waals surface area contributed by atoms with Crippen molar-refractivity contribution in [1.82, 2.24) is 4.98 Å². The van der Waals surface area contributed by atoms with Gasteiger partial charge in [-0.1, -0.05) is 18.2 Å². The van der Waals surface area contributed by atoms with Crippen molar-refractivity contribution in [2.75, 3.05) is 7.11 Å². The van der Waals surface area contributed by atoms with E-state index in [1.807, 2.05) is 42.5 Å². The van der Waals surface area contributed by atoms with Crippen molar-refractivity contribution in [2.24, 2.45) is 0 Å². The molecule has 0 aliphatic heterocycles. The molecule has 3 heteroatoms. The molecule has 0 aliphatic carbocycles. The molecule has 96 valence electrons. The number of oxazole rings is 1. The minimum absolute atomic E-state index is 0.692. The molecule has 0 saturated carbocycles. The fraction of sp³-hybridized carbons (Fsp3) is 0.188. The summed E-state index contributed by atoms with van der Waals surface area (Å²) in [6, 6.07) is 14.0. The molecule has 0 radical (unpaired) electrons. The summed E-state index contributed by atoms with van der Waals surface area (Å²) in [6.45, 7) is 2.05. The quantitative estimate of drug-likeness (QED) is 0.713. The second-order valence-corrected chi connectivity index (χ2v) is 4.60. The number of rotatable bonds is 3. The highest BCUT2D eigenvalue weighted by molar-refractivity contribution is 5.73. The molecule has 0 fully saturated rings. The van der Waals surface area contributed by atoms with Gasteiger partial charge in [-0.2, -0.15) is 0 Å². The first kappa shape index (κ1) is 11.8. The first-order valence-electron chi connectivity index (χ1n) is 6.23. The topological polar surface area (TPSA) is 35.3 Å². The zero-order valence-electron chi connectivity index (χ0n) is 11.0. The van der Waals surface area contributed by atoms with Gasteiger partial charge in [-0.25, -0.2) is 4.98 Å². The molecule has 0 saturated heterocycles. The summed E-state index contributed by atoms with van der Waals surface area (Å²) in [4.78, 5) is 4.51. The molecule has 1 aromatic heterocycles. The highest BCUT2D eigenvalue weighted by Gasteiger charge is 2.06. The molecule has 3 aromatic rings. The van der Waals surface area contributed by atoms with Crippen molar-refractivity contribution >= 4 is 11.1 Å². The van der Waals surface area contributed by atoms with E-state index in [-0.39, 0.29) is 0 Å². The van der Waals surface area contributed by atoms with Crippen molar-refractivity contribution in [1.29, 1.82) is 0 Å². The average Bonchev–Trinajstić information content (AvgIpc) is 2.81. The summed E-state index contributed by atoms with van der Waals surface area (Å²) in [7, 11) is 1.66. The standard InChI is InChI=1S/C16H15NO2/c1-11-3-8-15-14(9-11)17-16(19-15)10-12-4-6-13(18-2)7-5-12/h3-9H,10H2,1-2H3. The van der Waals surface area contributed by atoms with Crippen molar-refractivity contribution in [3.63, 3.8) is 0 Å². The Morgan fingerprint density at radius 1 is 1.11 bits per heavy atom. The Morgan fingerprint density at radius 3 is 2.63 bits per heavy atom. The summed E-state index contributed by atoms with van der Waals surface area (Å²) < 4.78 is 10.9. The van der Waals surface area contributed by atoms with Gasteiger partial charge in [0.25, 0.3) is 0 Å². The van der Waals surface area contributed by atoms with Crippen molar-refractivity contribution in [2.45, 2.75) is 13.3 Å². The van der Waals surface area contributed by atoms with Crippen molar-refractivity contribution in [3.05, 3.63) is 59.5 Å². The number of benzene rings is 2. The van der Waals surface area contributed by atoms with Crippen LogP contribution in [0.5, 0.6) is 5.75 Å². The van der Waals surface area contributed by atoms with Crippen molar-refractivity contribution < 1.29 is 9.15 Å². The molecule has 19 heavy (non-hydrogen) atoms. The van der Waals surface area contributed by atoms with Gasteiger partial charge in [0.15, 0.2) is 11.5 Å². The predicted octanol–water partition coefficient (Wildman–Crippen LogP) is 3.74. The average molecular weight is 253 g/mol. The van der Waals surface area contributed by atoms with E-state index in [1.54, 1.807) is 7.11 Å². The fourth-order valence-corrected chi connectivity index (χ4v) is 2.08. The third-order valence-electron chi connectivity index (χ3n) is 3.10. The Kier molecular flexibility index (Phi) is 2.95. The van der Waals surface area contributed by atoms with Crippen LogP contribution in [0.15, 0.2) is 46.9 Å². The second kappa shape index (κ2) is 4.76. The van der Waals surface area contributed by atoms with Crippen LogP contribution >= 0.6 is 0 Å². The summed E-state index contributed by atoms with van der Waals surface area (Å²) in [6.07, 6.45) is 0.692. The largest absolute Gasteiger partial charge is 0.497 e. The third-order valence-corrected chi connectivity index (χ3v) is 3.10. The van der Waals surface area contributed by atoms with Gasteiger partial charge in [0.05, 0.1) is 7.11 Å². The minimum atomic E-state index is 0.692. The molecule has 0 aliphatic rings. The zero-order valence-corrected chi connectivity index (χ0v) is 11.0. The SMILES string of the molecule is COc1ccc(Cc2nc3cc(C)ccc3o2)cc1. The molecule has 0 atom stereocenters. The summed E-state index contributed by atoms with van der Waals surface area (Å²) in [5, 5.41) is 0. The number of nitrogens with zero attached hydrogens (tertiary/aromatic N) is 1. The number of aryl methyl sites for hydroxylation is 1. The third kappa shape index (κ3) is 2.45.